The number of piperidine rings is 1. The van der Waals surface area contributed by atoms with Gasteiger partial charge in [-0.2, -0.15) is 18.3 Å². The number of aromatic amines is 2. The van der Waals surface area contributed by atoms with E-state index in [9.17, 15) is 18.0 Å². The fraction of sp³-hybridized carbons (Fsp3) is 0.333. The molecule has 0 unspecified atom stereocenters. The summed E-state index contributed by atoms with van der Waals surface area (Å²) in [6.07, 6.45) is -2.28. The summed E-state index contributed by atoms with van der Waals surface area (Å²) in [6.45, 7) is 2.88. The van der Waals surface area contributed by atoms with Crippen molar-refractivity contribution < 1.29 is 23.1 Å². The molecule has 1 aliphatic heterocycles. The molecule has 37 heavy (non-hydrogen) atoms. The van der Waals surface area contributed by atoms with Crippen LogP contribution in [0.15, 0.2) is 41.2 Å². The van der Waals surface area contributed by atoms with Crippen molar-refractivity contribution in [2.75, 3.05) is 19.6 Å². The second kappa shape index (κ2) is 11.1. The number of nitrogens with zero attached hydrogens (tertiary/aromatic N) is 3. The molecular formula is C24H22Cl2F3N5O3. The number of carboxylic acid groups (broad SMARTS) is 1. The first-order valence-electron chi connectivity index (χ1n) is 11.4. The molecule has 0 saturated carbocycles. The molecule has 0 aliphatic carbocycles. The summed E-state index contributed by atoms with van der Waals surface area (Å²) in [5.74, 6) is -1.71. The van der Waals surface area contributed by atoms with Gasteiger partial charge in [-0.3, -0.25) is 9.89 Å². The van der Waals surface area contributed by atoms with E-state index in [2.05, 4.69) is 20.1 Å². The summed E-state index contributed by atoms with van der Waals surface area (Å²) in [5.41, 5.74) is 2.64. The smallest absolute Gasteiger partial charge is 0.475 e. The summed E-state index contributed by atoms with van der Waals surface area (Å²) >= 11 is 12.1. The highest BCUT2D eigenvalue weighted by molar-refractivity contribution is 6.31. The van der Waals surface area contributed by atoms with Crippen LogP contribution in [0.4, 0.5) is 13.2 Å². The third-order valence-electron chi connectivity index (χ3n) is 6.17. The van der Waals surface area contributed by atoms with Crippen LogP contribution in [-0.2, 0) is 11.2 Å². The van der Waals surface area contributed by atoms with E-state index in [1.165, 1.54) is 0 Å². The molecule has 1 fully saturated rings. The Bertz CT molecular complexity index is 1480. The summed E-state index contributed by atoms with van der Waals surface area (Å²) in [5, 5.41) is 17.6. The molecule has 0 atom stereocenters. The quantitative estimate of drug-likeness (QED) is 0.320. The topological polar surface area (TPSA) is 115 Å². The molecular weight excluding hydrogens is 534 g/mol. The summed E-state index contributed by atoms with van der Waals surface area (Å²) in [6, 6.07) is 11.1. The number of aliphatic carboxylic acids is 1. The summed E-state index contributed by atoms with van der Waals surface area (Å²) in [4.78, 5) is 31.4. The minimum atomic E-state index is -5.08. The zero-order valence-corrected chi connectivity index (χ0v) is 20.8. The van der Waals surface area contributed by atoms with Gasteiger partial charge >= 0.3 is 12.1 Å². The molecule has 8 nitrogen and oxygen atoms in total. The van der Waals surface area contributed by atoms with Crippen molar-refractivity contribution in [3.05, 3.63) is 68.3 Å². The zero-order valence-electron chi connectivity index (χ0n) is 19.3. The monoisotopic (exact) mass is 555 g/mol. The lowest BCUT2D eigenvalue weighted by Crippen LogP contribution is -2.35. The summed E-state index contributed by atoms with van der Waals surface area (Å²) < 4.78 is 31.7. The van der Waals surface area contributed by atoms with Crippen molar-refractivity contribution in [2.45, 2.75) is 31.4 Å². The van der Waals surface area contributed by atoms with Gasteiger partial charge in [-0.25, -0.2) is 9.78 Å². The number of carbonyl (C=O) groups is 1. The normalized spacial score (nSPS) is 15.1. The molecule has 0 radical (unpaired) electrons. The van der Waals surface area contributed by atoms with Crippen molar-refractivity contribution in [2.24, 2.45) is 0 Å². The van der Waals surface area contributed by atoms with Crippen LogP contribution in [0.3, 0.4) is 0 Å². The maximum absolute atomic E-state index is 12.4. The first-order chi connectivity index (χ1) is 17.5. The van der Waals surface area contributed by atoms with Crippen LogP contribution in [0, 0.1) is 0 Å². The van der Waals surface area contributed by atoms with Crippen molar-refractivity contribution in [3.63, 3.8) is 0 Å². The molecule has 0 spiro atoms. The highest BCUT2D eigenvalue weighted by Gasteiger charge is 2.38. The van der Waals surface area contributed by atoms with E-state index in [-0.39, 0.29) is 11.5 Å². The van der Waals surface area contributed by atoms with Crippen molar-refractivity contribution >= 4 is 51.0 Å². The largest absolute Gasteiger partial charge is 0.490 e. The zero-order chi connectivity index (χ0) is 26.7. The third kappa shape index (κ3) is 6.60. The van der Waals surface area contributed by atoms with E-state index in [1.807, 2.05) is 24.3 Å². The first kappa shape index (κ1) is 26.9. The molecule has 4 aromatic rings. The average molecular weight is 556 g/mol. The minimum Gasteiger partial charge on any atom is -0.475 e. The van der Waals surface area contributed by atoms with Crippen LogP contribution < -0.4 is 5.56 Å². The van der Waals surface area contributed by atoms with Gasteiger partial charge in [0, 0.05) is 34.3 Å². The molecule has 3 heterocycles. The average Bonchev–Trinajstić information content (AvgIpc) is 3.25. The van der Waals surface area contributed by atoms with E-state index in [4.69, 9.17) is 38.1 Å². The van der Waals surface area contributed by atoms with Gasteiger partial charge in [-0.1, -0.05) is 23.2 Å². The van der Waals surface area contributed by atoms with Crippen LogP contribution in [0.1, 0.15) is 30.3 Å². The van der Waals surface area contributed by atoms with Crippen LogP contribution in [0.2, 0.25) is 10.0 Å². The van der Waals surface area contributed by atoms with Gasteiger partial charge in [0.25, 0.3) is 5.56 Å². The summed E-state index contributed by atoms with van der Waals surface area (Å²) in [7, 11) is 0. The predicted molar refractivity (Wildman–Crippen MR) is 134 cm³/mol. The van der Waals surface area contributed by atoms with Crippen molar-refractivity contribution in [3.8, 4) is 0 Å². The Labute approximate surface area is 218 Å². The molecule has 5 rings (SSSR count). The number of alkyl halides is 3. The number of fused-ring (bicyclic) bond motifs is 2. The van der Waals surface area contributed by atoms with Gasteiger partial charge < -0.3 is 15.0 Å². The lowest BCUT2D eigenvalue weighted by molar-refractivity contribution is -0.192. The highest BCUT2D eigenvalue weighted by atomic mass is 35.5. The number of nitrogens with one attached hydrogen (secondary N) is 2. The van der Waals surface area contributed by atoms with Gasteiger partial charge in [-0.15, -0.1) is 0 Å². The number of likely N-dealkylation sites (tertiary alicyclic amines) is 1. The van der Waals surface area contributed by atoms with Crippen molar-refractivity contribution in [1.29, 1.82) is 0 Å². The predicted octanol–water partition coefficient (Wildman–Crippen LogP) is 5.16. The van der Waals surface area contributed by atoms with Crippen LogP contribution in [0.5, 0.6) is 0 Å². The Balaban J connectivity index is 0.000000405. The SMILES string of the molecule is O=C(O)C(F)(F)F.O=c1[nH]c(C2CCN(CCc3n[nH]c4ccc(Cl)cc34)CC2)nc2ccc(Cl)cc12. The maximum atomic E-state index is 12.4. The molecule has 13 heteroatoms. The Morgan fingerprint density at radius 1 is 1.08 bits per heavy atom. The standard InChI is InChI=1S/C22H21Cl2N5O.C2HF3O2/c23-14-2-4-19-16(11-14)20(28-27-19)7-10-29-8-5-13(6-9-29)21-25-18-3-1-15(24)12-17(18)22(30)26-21;3-2(4,5)1(6)7/h1-4,11-13H,5-10H2,(H,27,28)(H,25,26,30);(H,6,7). The highest BCUT2D eigenvalue weighted by Crippen LogP contribution is 2.27. The Morgan fingerprint density at radius 3 is 2.35 bits per heavy atom. The molecule has 2 aromatic heterocycles. The van der Waals surface area contributed by atoms with E-state index in [0.29, 0.717) is 15.9 Å². The fourth-order valence-electron chi connectivity index (χ4n) is 4.25. The van der Waals surface area contributed by atoms with Gasteiger partial charge in [0.05, 0.1) is 22.1 Å². The van der Waals surface area contributed by atoms with Crippen LogP contribution in [-0.4, -0.2) is 62.0 Å². The fourth-order valence-corrected chi connectivity index (χ4v) is 4.59. The second-order valence-corrected chi connectivity index (χ2v) is 9.51. The third-order valence-corrected chi connectivity index (χ3v) is 6.64. The number of H-pyrrole nitrogens is 2. The van der Waals surface area contributed by atoms with Crippen LogP contribution >= 0.6 is 23.2 Å². The molecule has 1 saturated heterocycles. The Hall–Kier alpha value is -3.15. The number of hydrogen-bond donors (Lipinski definition) is 3. The minimum absolute atomic E-state index is 0.121. The van der Waals surface area contributed by atoms with Gasteiger partial charge in [0.1, 0.15) is 5.82 Å². The van der Waals surface area contributed by atoms with E-state index < -0.39 is 12.1 Å². The van der Waals surface area contributed by atoms with Crippen LogP contribution in [0.25, 0.3) is 21.8 Å². The molecule has 2 aromatic carbocycles. The van der Waals surface area contributed by atoms with Gasteiger partial charge in [-0.05, 0) is 62.3 Å². The molecule has 0 bridgehead atoms. The number of aromatic nitrogens is 4. The Kier molecular flexibility index (Phi) is 8.05. The van der Waals surface area contributed by atoms with E-state index >= 15 is 0 Å². The lowest BCUT2D eigenvalue weighted by Gasteiger charge is -2.31. The molecule has 0 amide bonds. The maximum Gasteiger partial charge on any atom is 0.490 e. The molecule has 3 N–H and O–H groups in total. The molecule has 1 aliphatic rings. The number of benzene rings is 2. The van der Waals surface area contributed by atoms with Crippen molar-refractivity contribution in [1.82, 2.24) is 25.1 Å². The number of rotatable bonds is 4. The number of carboxylic acids is 1. The number of halogens is 5. The first-order valence-corrected chi connectivity index (χ1v) is 12.1. The second-order valence-electron chi connectivity index (χ2n) is 8.64. The van der Waals surface area contributed by atoms with E-state index in [0.717, 1.165) is 66.3 Å². The number of hydrogen-bond acceptors (Lipinski definition) is 5. The van der Waals surface area contributed by atoms with E-state index in [1.54, 1.807) is 12.1 Å². The van der Waals surface area contributed by atoms with Gasteiger partial charge in [0.2, 0.25) is 0 Å². The molecule has 196 valence electrons. The van der Waals surface area contributed by atoms with Gasteiger partial charge in [0.15, 0.2) is 0 Å². The Morgan fingerprint density at radius 2 is 1.70 bits per heavy atom. The lowest BCUT2D eigenvalue weighted by atomic mass is 9.95.